The number of rotatable bonds is 3. The van der Waals surface area contributed by atoms with Gasteiger partial charge in [-0.1, -0.05) is 17.7 Å². The van der Waals surface area contributed by atoms with E-state index < -0.39 is 0 Å². The monoisotopic (exact) mass is 249 g/mol. The molecule has 0 atom stereocenters. The van der Waals surface area contributed by atoms with Gasteiger partial charge in [-0.3, -0.25) is 9.48 Å². The summed E-state index contributed by atoms with van der Waals surface area (Å²) in [6.45, 7) is 2.75. The van der Waals surface area contributed by atoms with Gasteiger partial charge in [0.25, 0.3) is 5.91 Å². The first-order valence-electron chi connectivity index (χ1n) is 5.29. The summed E-state index contributed by atoms with van der Waals surface area (Å²) in [5.41, 5.74) is 0.517. The lowest BCUT2D eigenvalue weighted by molar-refractivity contribution is 0.102. The van der Waals surface area contributed by atoms with Gasteiger partial charge in [0.2, 0.25) is 0 Å². The number of halogens is 1. The van der Waals surface area contributed by atoms with Crippen molar-refractivity contribution in [2.45, 2.75) is 13.5 Å². The van der Waals surface area contributed by atoms with Crippen LogP contribution in [0.1, 0.15) is 17.3 Å². The zero-order chi connectivity index (χ0) is 12.3. The smallest absolute Gasteiger partial charge is 0.256 e. The Morgan fingerprint density at radius 2 is 2.29 bits per heavy atom. The molecule has 0 aliphatic carbocycles. The minimum atomic E-state index is -0.214. The van der Waals surface area contributed by atoms with Crippen LogP contribution in [0.25, 0.3) is 0 Å². The molecule has 5 heteroatoms. The lowest BCUT2D eigenvalue weighted by Crippen LogP contribution is -2.12. The van der Waals surface area contributed by atoms with Gasteiger partial charge in [-0.05, 0) is 25.1 Å². The van der Waals surface area contributed by atoms with Crippen LogP contribution in [0.15, 0.2) is 36.5 Å². The van der Waals surface area contributed by atoms with E-state index >= 15 is 0 Å². The molecule has 0 unspecified atom stereocenters. The van der Waals surface area contributed by atoms with Crippen LogP contribution in [0.5, 0.6) is 0 Å². The van der Waals surface area contributed by atoms with Crippen molar-refractivity contribution in [3.05, 3.63) is 47.1 Å². The van der Waals surface area contributed by atoms with Crippen molar-refractivity contribution in [2.24, 2.45) is 0 Å². The number of hydrogen-bond acceptors (Lipinski definition) is 2. The van der Waals surface area contributed by atoms with Gasteiger partial charge in [-0.2, -0.15) is 5.10 Å². The molecule has 1 aromatic heterocycles. The average Bonchev–Trinajstić information content (AvgIpc) is 2.77. The van der Waals surface area contributed by atoms with Crippen LogP contribution >= 0.6 is 11.6 Å². The second kappa shape index (κ2) is 5.01. The fourth-order valence-corrected chi connectivity index (χ4v) is 1.61. The Morgan fingerprint density at radius 3 is 2.94 bits per heavy atom. The lowest BCUT2D eigenvalue weighted by Gasteiger charge is -2.02. The summed E-state index contributed by atoms with van der Waals surface area (Å²) in [5, 5.41) is 7.42. The zero-order valence-electron chi connectivity index (χ0n) is 9.35. The van der Waals surface area contributed by atoms with Gasteiger partial charge in [-0.15, -0.1) is 0 Å². The molecule has 0 saturated carbocycles. The third-order valence-electron chi connectivity index (χ3n) is 2.29. The van der Waals surface area contributed by atoms with Crippen molar-refractivity contribution in [1.82, 2.24) is 9.78 Å². The molecule has 0 bridgehead atoms. The Morgan fingerprint density at radius 1 is 1.47 bits per heavy atom. The van der Waals surface area contributed by atoms with Crippen molar-refractivity contribution in [3.63, 3.8) is 0 Å². The lowest BCUT2D eigenvalue weighted by atomic mass is 10.2. The Labute approximate surface area is 104 Å². The van der Waals surface area contributed by atoms with Crippen LogP contribution in [-0.2, 0) is 6.54 Å². The number of carbonyl (C=O) groups excluding carboxylic acids is 1. The highest BCUT2D eigenvalue weighted by Gasteiger charge is 2.07. The van der Waals surface area contributed by atoms with E-state index in [0.29, 0.717) is 16.4 Å². The molecule has 1 N–H and O–H groups in total. The number of hydrogen-bond donors (Lipinski definition) is 1. The molecule has 1 aromatic carbocycles. The Kier molecular flexibility index (Phi) is 3.44. The summed E-state index contributed by atoms with van der Waals surface area (Å²) in [7, 11) is 0. The molecule has 1 amide bonds. The van der Waals surface area contributed by atoms with Crippen LogP contribution in [-0.4, -0.2) is 15.7 Å². The van der Waals surface area contributed by atoms with Crippen LogP contribution in [0.4, 0.5) is 5.82 Å². The minimum absolute atomic E-state index is 0.214. The second-order valence-electron chi connectivity index (χ2n) is 3.52. The predicted octanol–water partition coefficient (Wildman–Crippen LogP) is 2.81. The SMILES string of the molecule is CCn1ccc(NC(=O)c2cccc(Cl)c2)n1. The van der Waals surface area contributed by atoms with E-state index in [4.69, 9.17) is 11.6 Å². The molecule has 2 aromatic rings. The molecule has 17 heavy (non-hydrogen) atoms. The molecule has 0 radical (unpaired) electrons. The number of carbonyl (C=O) groups is 1. The maximum absolute atomic E-state index is 11.8. The number of aromatic nitrogens is 2. The van der Waals surface area contributed by atoms with Gasteiger partial charge >= 0.3 is 0 Å². The first kappa shape index (κ1) is 11.7. The van der Waals surface area contributed by atoms with Crippen molar-refractivity contribution in [2.75, 3.05) is 5.32 Å². The predicted molar refractivity (Wildman–Crippen MR) is 67.3 cm³/mol. The van der Waals surface area contributed by atoms with E-state index in [1.807, 2.05) is 13.1 Å². The zero-order valence-corrected chi connectivity index (χ0v) is 10.1. The van der Waals surface area contributed by atoms with E-state index in [1.165, 1.54) is 0 Å². The number of amides is 1. The molecule has 0 aliphatic rings. The summed E-state index contributed by atoms with van der Waals surface area (Å²) in [4.78, 5) is 11.8. The molecule has 88 valence electrons. The van der Waals surface area contributed by atoms with E-state index in [2.05, 4.69) is 10.4 Å². The van der Waals surface area contributed by atoms with E-state index in [1.54, 1.807) is 35.0 Å². The van der Waals surface area contributed by atoms with Gasteiger partial charge in [0.1, 0.15) is 0 Å². The third kappa shape index (κ3) is 2.85. The summed E-state index contributed by atoms with van der Waals surface area (Å²) >= 11 is 5.82. The summed E-state index contributed by atoms with van der Waals surface area (Å²) in [5.74, 6) is 0.325. The second-order valence-corrected chi connectivity index (χ2v) is 3.96. The van der Waals surface area contributed by atoms with E-state index in [9.17, 15) is 4.79 Å². The number of nitrogens with zero attached hydrogens (tertiary/aromatic N) is 2. The first-order valence-corrected chi connectivity index (χ1v) is 5.67. The summed E-state index contributed by atoms with van der Waals surface area (Å²) < 4.78 is 1.74. The Bertz CT molecular complexity index is 536. The molecule has 1 heterocycles. The van der Waals surface area contributed by atoms with Gasteiger partial charge < -0.3 is 5.32 Å². The minimum Gasteiger partial charge on any atom is -0.305 e. The summed E-state index contributed by atoms with van der Waals surface area (Å²) in [6, 6.07) is 8.55. The topological polar surface area (TPSA) is 46.9 Å². The normalized spacial score (nSPS) is 10.2. The van der Waals surface area contributed by atoms with Gasteiger partial charge in [-0.25, -0.2) is 0 Å². The highest BCUT2D eigenvalue weighted by molar-refractivity contribution is 6.31. The largest absolute Gasteiger partial charge is 0.305 e. The maximum Gasteiger partial charge on any atom is 0.256 e. The van der Waals surface area contributed by atoms with Crippen molar-refractivity contribution in [3.8, 4) is 0 Å². The third-order valence-corrected chi connectivity index (χ3v) is 2.53. The van der Waals surface area contributed by atoms with Crippen LogP contribution in [0, 0.1) is 0 Å². The van der Waals surface area contributed by atoms with E-state index in [-0.39, 0.29) is 5.91 Å². The highest BCUT2D eigenvalue weighted by Crippen LogP contribution is 2.12. The van der Waals surface area contributed by atoms with Gasteiger partial charge in [0.05, 0.1) is 0 Å². The molecule has 4 nitrogen and oxygen atoms in total. The molecule has 0 aliphatic heterocycles. The number of aryl methyl sites for hydroxylation is 1. The van der Waals surface area contributed by atoms with Crippen LogP contribution in [0.2, 0.25) is 5.02 Å². The van der Waals surface area contributed by atoms with E-state index in [0.717, 1.165) is 6.54 Å². The van der Waals surface area contributed by atoms with Crippen molar-refractivity contribution >= 4 is 23.3 Å². The fraction of sp³-hybridized carbons (Fsp3) is 0.167. The van der Waals surface area contributed by atoms with Crippen LogP contribution < -0.4 is 5.32 Å². The van der Waals surface area contributed by atoms with Gasteiger partial charge in [0, 0.05) is 29.4 Å². The quantitative estimate of drug-likeness (QED) is 0.909. The van der Waals surface area contributed by atoms with Gasteiger partial charge in [0.15, 0.2) is 5.82 Å². The fourth-order valence-electron chi connectivity index (χ4n) is 1.42. The molecule has 0 saturated heterocycles. The number of nitrogens with one attached hydrogen (secondary N) is 1. The number of benzene rings is 1. The maximum atomic E-state index is 11.8. The molecular formula is C12H12ClN3O. The molecule has 0 spiro atoms. The molecule has 0 fully saturated rings. The number of anilines is 1. The summed E-state index contributed by atoms with van der Waals surface area (Å²) in [6.07, 6.45) is 1.81. The average molecular weight is 250 g/mol. The standard InChI is InChI=1S/C12H12ClN3O/c1-2-16-7-6-11(15-16)14-12(17)9-4-3-5-10(13)8-9/h3-8H,2H2,1H3,(H,14,15,17). The van der Waals surface area contributed by atoms with Crippen LogP contribution in [0.3, 0.4) is 0 Å². The molecule has 2 rings (SSSR count). The van der Waals surface area contributed by atoms with Crippen molar-refractivity contribution in [1.29, 1.82) is 0 Å². The highest BCUT2D eigenvalue weighted by atomic mass is 35.5. The van der Waals surface area contributed by atoms with Crippen molar-refractivity contribution < 1.29 is 4.79 Å². The molecular weight excluding hydrogens is 238 g/mol. The Balaban J connectivity index is 2.11. The Hall–Kier alpha value is -1.81. The first-order chi connectivity index (χ1) is 8.19.